The highest BCUT2D eigenvalue weighted by atomic mass is 16.6. The Hall–Kier alpha value is -2.51. The minimum Gasteiger partial charge on any atom is -0.456 e. The van der Waals surface area contributed by atoms with E-state index in [1.165, 1.54) is 17.2 Å². The Morgan fingerprint density at radius 3 is 2.74 bits per heavy atom. The van der Waals surface area contributed by atoms with Gasteiger partial charge in [0.05, 0.1) is 24.4 Å². The van der Waals surface area contributed by atoms with E-state index in [0.717, 1.165) is 50.5 Å². The van der Waals surface area contributed by atoms with Crippen molar-refractivity contribution >= 4 is 5.97 Å². The number of aryl methyl sites for hydroxylation is 1. The van der Waals surface area contributed by atoms with Crippen LogP contribution in [0, 0.1) is 5.92 Å². The van der Waals surface area contributed by atoms with Crippen LogP contribution in [0.25, 0.3) is 0 Å². The van der Waals surface area contributed by atoms with E-state index in [2.05, 4.69) is 43.0 Å². The molecule has 210 valence electrons. The van der Waals surface area contributed by atoms with E-state index in [1.807, 2.05) is 6.08 Å². The van der Waals surface area contributed by atoms with Gasteiger partial charge in [0.15, 0.2) is 0 Å². The molecule has 1 aromatic carbocycles. The molecule has 2 bridgehead atoms. The van der Waals surface area contributed by atoms with E-state index < -0.39 is 24.3 Å². The number of carbonyl (C=O) groups is 1. The van der Waals surface area contributed by atoms with Crippen molar-refractivity contribution in [2.24, 2.45) is 5.92 Å². The van der Waals surface area contributed by atoms with Crippen LogP contribution in [0.4, 0.5) is 0 Å². The quantitative estimate of drug-likeness (QED) is 0.325. The first-order valence-corrected chi connectivity index (χ1v) is 14.6. The van der Waals surface area contributed by atoms with Crippen molar-refractivity contribution in [3.8, 4) is 0 Å². The lowest BCUT2D eigenvalue weighted by Crippen LogP contribution is -2.32. The third-order valence-corrected chi connectivity index (χ3v) is 8.37. The normalized spacial score (nSPS) is 35.7. The van der Waals surface area contributed by atoms with Gasteiger partial charge in [0.25, 0.3) is 0 Å². The number of aliphatic hydroxyl groups is 2. The average molecular weight is 535 g/mol. The Morgan fingerprint density at radius 1 is 1.03 bits per heavy atom. The molecule has 0 spiro atoms. The number of aliphatic hydroxyl groups excluding tert-OH is 2. The first-order valence-electron chi connectivity index (χ1n) is 14.6. The first kappa shape index (κ1) is 28.0. The van der Waals surface area contributed by atoms with E-state index in [1.54, 1.807) is 12.2 Å². The number of epoxide rings is 1. The summed E-state index contributed by atoms with van der Waals surface area (Å²) >= 11 is 0. The van der Waals surface area contributed by atoms with Gasteiger partial charge < -0.3 is 24.4 Å². The zero-order valence-corrected chi connectivity index (χ0v) is 22.7. The van der Waals surface area contributed by atoms with E-state index in [4.69, 9.17) is 14.2 Å². The van der Waals surface area contributed by atoms with Gasteiger partial charge in [-0.2, -0.15) is 0 Å². The Morgan fingerprint density at radius 2 is 1.87 bits per heavy atom. The standard InChI is InChI=1S/C33H42O6/c1-22-7-4-10-26-11-5-12-27(37-26)13-6-14-32(36)38-30(21-31-33(39-31)29(35)19-22)28(34)18-16-23-15-17-24-8-2-3-9-25(24)20-23/h2-3,5-6,8-9,12,14,16,18,23,26-31,33-35H,1,4,7,10-11,13,15,17,19-21H2/b14-6-,18-16+/t23?,26-,27+,28+,29+,30?,31+,33+/m1/s1. The number of fused-ring (bicyclic) bond motifs is 4. The summed E-state index contributed by atoms with van der Waals surface area (Å²) in [6.07, 6.45) is 16.3. The van der Waals surface area contributed by atoms with Gasteiger partial charge in [-0.3, -0.25) is 0 Å². The highest BCUT2D eigenvalue weighted by Gasteiger charge is 2.46. The van der Waals surface area contributed by atoms with E-state index in [0.29, 0.717) is 25.2 Å². The lowest BCUT2D eigenvalue weighted by Gasteiger charge is -2.26. The minimum atomic E-state index is -0.965. The highest BCUT2D eigenvalue weighted by Crippen LogP contribution is 2.34. The third kappa shape index (κ3) is 8.01. The Balaban J connectivity index is 1.25. The van der Waals surface area contributed by atoms with Crippen molar-refractivity contribution in [3.05, 3.63) is 84.0 Å². The SMILES string of the molecule is C=C1CCC[C@@H]2CC=C[C@@H](C/C=C\C(=O)OC([C@@H](O)/C=C/C3CCc4ccccc4C3)C[C@@H]3O[C@H]3[C@@H](O)C1)O2. The number of rotatable bonds is 3. The second kappa shape index (κ2) is 13.2. The van der Waals surface area contributed by atoms with Crippen molar-refractivity contribution in [2.75, 3.05) is 0 Å². The van der Waals surface area contributed by atoms with E-state index >= 15 is 0 Å². The fraction of sp³-hybridized carbons (Fsp3) is 0.545. The Bertz CT molecular complexity index is 1090. The Labute approximate surface area is 232 Å². The van der Waals surface area contributed by atoms with Crippen LogP contribution in [0.5, 0.6) is 0 Å². The summed E-state index contributed by atoms with van der Waals surface area (Å²) in [6, 6.07) is 8.50. The van der Waals surface area contributed by atoms with Crippen molar-refractivity contribution < 1.29 is 29.2 Å². The summed E-state index contributed by atoms with van der Waals surface area (Å²) < 4.78 is 17.7. The van der Waals surface area contributed by atoms with Gasteiger partial charge in [-0.25, -0.2) is 4.79 Å². The largest absolute Gasteiger partial charge is 0.456 e. The van der Waals surface area contributed by atoms with Gasteiger partial charge in [-0.1, -0.05) is 66.8 Å². The summed E-state index contributed by atoms with van der Waals surface area (Å²) in [5.74, 6) is -0.169. The van der Waals surface area contributed by atoms with Gasteiger partial charge in [-0.15, -0.1) is 0 Å². The molecular weight excluding hydrogens is 492 g/mol. The summed E-state index contributed by atoms with van der Waals surface area (Å²) in [5, 5.41) is 21.8. The lowest BCUT2D eigenvalue weighted by atomic mass is 9.83. The summed E-state index contributed by atoms with van der Waals surface area (Å²) in [4.78, 5) is 12.7. The summed E-state index contributed by atoms with van der Waals surface area (Å²) in [5.41, 5.74) is 3.76. The van der Waals surface area contributed by atoms with Gasteiger partial charge in [-0.05, 0) is 74.8 Å². The first-order chi connectivity index (χ1) is 18.9. The van der Waals surface area contributed by atoms with Crippen LogP contribution in [0.1, 0.15) is 62.5 Å². The number of benzene rings is 1. The molecule has 6 heteroatoms. The molecule has 0 amide bonds. The number of ether oxygens (including phenoxy) is 3. The van der Waals surface area contributed by atoms with Crippen LogP contribution in [0.2, 0.25) is 0 Å². The maximum absolute atomic E-state index is 12.7. The summed E-state index contributed by atoms with van der Waals surface area (Å²) in [6.45, 7) is 4.17. The minimum absolute atomic E-state index is 0.0673. The molecule has 0 radical (unpaired) electrons. The second-order valence-corrected chi connectivity index (χ2v) is 11.5. The fourth-order valence-electron chi connectivity index (χ4n) is 6.09. The predicted octanol–water partition coefficient (Wildman–Crippen LogP) is 4.93. The maximum atomic E-state index is 12.7. The number of carbonyl (C=O) groups excluding carboxylic acids is 1. The average Bonchev–Trinajstić information content (AvgIpc) is 3.70. The van der Waals surface area contributed by atoms with Crippen molar-refractivity contribution in [1.29, 1.82) is 0 Å². The van der Waals surface area contributed by atoms with Gasteiger partial charge in [0.1, 0.15) is 18.3 Å². The number of hydrogen-bond acceptors (Lipinski definition) is 6. The molecule has 2 unspecified atom stereocenters. The molecule has 1 saturated heterocycles. The van der Waals surface area contributed by atoms with Crippen LogP contribution in [0.3, 0.4) is 0 Å². The molecule has 1 fully saturated rings. The number of hydrogen-bond donors (Lipinski definition) is 2. The van der Waals surface area contributed by atoms with Crippen LogP contribution < -0.4 is 0 Å². The molecule has 1 aromatic rings. The van der Waals surface area contributed by atoms with Crippen molar-refractivity contribution in [3.63, 3.8) is 0 Å². The third-order valence-electron chi connectivity index (χ3n) is 8.37. The van der Waals surface area contributed by atoms with Gasteiger partial charge in [0.2, 0.25) is 0 Å². The Kier molecular flexibility index (Phi) is 9.51. The molecular formula is C33H42O6. The van der Waals surface area contributed by atoms with Crippen LogP contribution in [-0.2, 0) is 31.8 Å². The maximum Gasteiger partial charge on any atom is 0.330 e. The summed E-state index contributed by atoms with van der Waals surface area (Å²) in [7, 11) is 0. The molecule has 3 aliphatic heterocycles. The molecule has 2 N–H and O–H groups in total. The molecule has 8 atom stereocenters. The van der Waals surface area contributed by atoms with E-state index in [-0.39, 0.29) is 24.4 Å². The van der Waals surface area contributed by atoms with Crippen LogP contribution in [0.15, 0.2) is 72.9 Å². The molecule has 3 heterocycles. The molecule has 0 saturated carbocycles. The van der Waals surface area contributed by atoms with Gasteiger partial charge in [0, 0.05) is 12.5 Å². The molecule has 1 aliphatic carbocycles. The van der Waals surface area contributed by atoms with Gasteiger partial charge >= 0.3 is 5.97 Å². The number of cyclic esters (lactones) is 1. The van der Waals surface area contributed by atoms with Crippen LogP contribution in [-0.4, -0.2) is 58.9 Å². The molecule has 0 aromatic heterocycles. The van der Waals surface area contributed by atoms with E-state index in [9.17, 15) is 15.0 Å². The highest BCUT2D eigenvalue weighted by molar-refractivity contribution is 5.82. The lowest BCUT2D eigenvalue weighted by molar-refractivity contribution is -0.148. The predicted molar refractivity (Wildman–Crippen MR) is 150 cm³/mol. The number of allylic oxidation sites excluding steroid dienone is 1. The fourth-order valence-corrected chi connectivity index (χ4v) is 6.09. The second-order valence-electron chi connectivity index (χ2n) is 11.5. The smallest absolute Gasteiger partial charge is 0.330 e. The molecule has 6 nitrogen and oxygen atoms in total. The van der Waals surface area contributed by atoms with Crippen molar-refractivity contribution in [2.45, 2.75) is 107 Å². The number of esters is 1. The zero-order chi connectivity index (χ0) is 27.2. The van der Waals surface area contributed by atoms with Crippen LogP contribution >= 0.6 is 0 Å². The topological polar surface area (TPSA) is 88.5 Å². The zero-order valence-electron chi connectivity index (χ0n) is 22.7. The van der Waals surface area contributed by atoms with Crippen molar-refractivity contribution in [1.82, 2.24) is 0 Å². The molecule has 5 rings (SSSR count). The molecule has 4 aliphatic rings. The molecule has 39 heavy (non-hydrogen) atoms. The monoisotopic (exact) mass is 534 g/mol.